The fraction of sp³-hybridized carbons (Fsp3) is 0.625. The smallest absolute Gasteiger partial charge is 0.0372 e. The lowest BCUT2D eigenvalue weighted by Crippen LogP contribution is -2.38. The average Bonchev–Trinajstić information content (AvgIpc) is 2.39. The number of benzene rings is 1. The SMILES string of the molecule is CCCC(C)N(C)CC1CNc2ccccc2C1. The third kappa shape index (κ3) is 3.26. The standard InChI is InChI=1S/C16H26N2/c1-4-7-13(2)18(3)12-14-10-15-8-5-6-9-16(15)17-11-14/h5-6,8-9,13-14,17H,4,7,10-12H2,1-3H3. The number of rotatable bonds is 5. The zero-order valence-corrected chi connectivity index (χ0v) is 11.9. The molecule has 0 amide bonds. The Morgan fingerprint density at radius 3 is 2.94 bits per heavy atom. The van der Waals surface area contributed by atoms with E-state index in [1.54, 1.807) is 0 Å². The van der Waals surface area contributed by atoms with E-state index in [-0.39, 0.29) is 0 Å². The summed E-state index contributed by atoms with van der Waals surface area (Å²) in [6, 6.07) is 9.40. The van der Waals surface area contributed by atoms with Crippen LogP contribution in [0.25, 0.3) is 0 Å². The van der Waals surface area contributed by atoms with Crippen molar-refractivity contribution in [1.82, 2.24) is 4.90 Å². The molecule has 1 aliphatic rings. The maximum absolute atomic E-state index is 3.56. The van der Waals surface area contributed by atoms with Crippen molar-refractivity contribution >= 4 is 5.69 Å². The van der Waals surface area contributed by atoms with Gasteiger partial charge in [0.05, 0.1) is 0 Å². The molecular weight excluding hydrogens is 220 g/mol. The number of hydrogen-bond acceptors (Lipinski definition) is 2. The first-order chi connectivity index (χ1) is 8.70. The van der Waals surface area contributed by atoms with Crippen molar-refractivity contribution < 1.29 is 0 Å². The molecule has 0 aliphatic carbocycles. The van der Waals surface area contributed by atoms with Gasteiger partial charge in [-0.25, -0.2) is 0 Å². The summed E-state index contributed by atoms with van der Waals surface area (Å²) >= 11 is 0. The fourth-order valence-electron chi connectivity index (χ4n) is 2.86. The lowest BCUT2D eigenvalue weighted by atomic mass is 9.93. The molecule has 0 saturated heterocycles. The molecule has 2 atom stereocenters. The molecule has 2 rings (SSSR count). The van der Waals surface area contributed by atoms with Crippen LogP contribution in [0.15, 0.2) is 24.3 Å². The highest BCUT2D eigenvalue weighted by molar-refractivity contribution is 5.53. The Kier molecular flexibility index (Phi) is 4.65. The molecule has 100 valence electrons. The lowest BCUT2D eigenvalue weighted by molar-refractivity contribution is 0.210. The van der Waals surface area contributed by atoms with Crippen molar-refractivity contribution in [2.75, 3.05) is 25.5 Å². The van der Waals surface area contributed by atoms with Crippen LogP contribution in [0.2, 0.25) is 0 Å². The minimum absolute atomic E-state index is 0.701. The second-order valence-electron chi connectivity index (χ2n) is 5.69. The van der Waals surface area contributed by atoms with E-state index in [1.165, 1.54) is 37.1 Å². The van der Waals surface area contributed by atoms with Gasteiger partial charge >= 0.3 is 0 Å². The molecule has 2 heteroatoms. The number of nitrogens with zero attached hydrogens (tertiary/aromatic N) is 1. The highest BCUT2D eigenvalue weighted by Crippen LogP contribution is 2.25. The molecule has 2 unspecified atom stereocenters. The summed E-state index contributed by atoms with van der Waals surface area (Å²) in [5, 5.41) is 3.56. The highest BCUT2D eigenvalue weighted by atomic mass is 15.1. The van der Waals surface area contributed by atoms with Crippen molar-refractivity contribution in [3.8, 4) is 0 Å². The van der Waals surface area contributed by atoms with E-state index >= 15 is 0 Å². The van der Waals surface area contributed by atoms with Crippen molar-refractivity contribution in [3.63, 3.8) is 0 Å². The van der Waals surface area contributed by atoms with Gasteiger partial charge in [-0.3, -0.25) is 0 Å². The summed E-state index contributed by atoms with van der Waals surface area (Å²) < 4.78 is 0. The van der Waals surface area contributed by atoms with E-state index in [9.17, 15) is 0 Å². The first-order valence-corrected chi connectivity index (χ1v) is 7.22. The quantitative estimate of drug-likeness (QED) is 0.856. The third-order valence-corrected chi connectivity index (χ3v) is 4.11. The molecule has 0 bridgehead atoms. The van der Waals surface area contributed by atoms with Gasteiger partial charge in [-0.05, 0) is 44.4 Å². The van der Waals surface area contributed by atoms with Crippen molar-refractivity contribution in [3.05, 3.63) is 29.8 Å². The number of fused-ring (bicyclic) bond motifs is 1. The first-order valence-electron chi connectivity index (χ1n) is 7.22. The summed E-state index contributed by atoms with van der Waals surface area (Å²) in [5.74, 6) is 0.740. The topological polar surface area (TPSA) is 15.3 Å². The van der Waals surface area contributed by atoms with Crippen LogP contribution in [0, 0.1) is 5.92 Å². The summed E-state index contributed by atoms with van der Waals surface area (Å²) in [6.07, 6.45) is 3.79. The molecule has 1 heterocycles. The van der Waals surface area contributed by atoms with Gasteiger partial charge in [-0.15, -0.1) is 0 Å². The summed E-state index contributed by atoms with van der Waals surface area (Å²) in [7, 11) is 2.26. The summed E-state index contributed by atoms with van der Waals surface area (Å²) in [6.45, 7) is 6.92. The van der Waals surface area contributed by atoms with E-state index < -0.39 is 0 Å². The molecule has 0 aromatic heterocycles. The monoisotopic (exact) mass is 246 g/mol. The van der Waals surface area contributed by atoms with Gasteiger partial charge in [0.1, 0.15) is 0 Å². The Morgan fingerprint density at radius 2 is 2.17 bits per heavy atom. The van der Waals surface area contributed by atoms with E-state index in [0.29, 0.717) is 6.04 Å². The van der Waals surface area contributed by atoms with E-state index in [2.05, 4.69) is 55.4 Å². The Balaban J connectivity index is 1.89. The maximum Gasteiger partial charge on any atom is 0.0372 e. The average molecular weight is 246 g/mol. The lowest BCUT2D eigenvalue weighted by Gasteiger charge is -2.32. The number of hydrogen-bond donors (Lipinski definition) is 1. The third-order valence-electron chi connectivity index (χ3n) is 4.11. The second-order valence-corrected chi connectivity index (χ2v) is 5.69. The molecule has 2 nitrogen and oxygen atoms in total. The Morgan fingerprint density at radius 1 is 1.39 bits per heavy atom. The van der Waals surface area contributed by atoms with Gasteiger partial charge < -0.3 is 10.2 Å². The van der Waals surface area contributed by atoms with Crippen molar-refractivity contribution in [2.24, 2.45) is 5.92 Å². The number of anilines is 1. The predicted octanol–water partition coefficient (Wildman–Crippen LogP) is 3.39. The van der Waals surface area contributed by atoms with Crippen LogP contribution < -0.4 is 5.32 Å². The van der Waals surface area contributed by atoms with Crippen molar-refractivity contribution in [2.45, 2.75) is 39.2 Å². The Hall–Kier alpha value is -1.02. The zero-order valence-electron chi connectivity index (χ0n) is 11.9. The molecule has 0 radical (unpaired) electrons. The molecule has 0 spiro atoms. The van der Waals surface area contributed by atoms with Gasteiger partial charge in [0.25, 0.3) is 0 Å². The van der Waals surface area contributed by atoms with Gasteiger partial charge in [0, 0.05) is 24.8 Å². The molecule has 0 saturated carbocycles. The molecule has 1 aromatic rings. The minimum Gasteiger partial charge on any atom is -0.384 e. The van der Waals surface area contributed by atoms with Crippen LogP contribution in [0.3, 0.4) is 0 Å². The van der Waals surface area contributed by atoms with Gasteiger partial charge in [0.2, 0.25) is 0 Å². The number of nitrogens with one attached hydrogen (secondary N) is 1. The van der Waals surface area contributed by atoms with Crippen LogP contribution in [-0.4, -0.2) is 31.1 Å². The van der Waals surface area contributed by atoms with Crippen LogP contribution in [0.1, 0.15) is 32.3 Å². The highest BCUT2D eigenvalue weighted by Gasteiger charge is 2.20. The van der Waals surface area contributed by atoms with Crippen LogP contribution in [-0.2, 0) is 6.42 Å². The van der Waals surface area contributed by atoms with Crippen LogP contribution >= 0.6 is 0 Å². The number of para-hydroxylation sites is 1. The molecule has 18 heavy (non-hydrogen) atoms. The largest absolute Gasteiger partial charge is 0.384 e. The van der Waals surface area contributed by atoms with E-state index in [0.717, 1.165) is 12.5 Å². The van der Waals surface area contributed by atoms with Crippen molar-refractivity contribution in [1.29, 1.82) is 0 Å². The fourth-order valence-corrected chi connectivity index (χ4v) is 2.86. The van der Waals surface area contributed by atoms with E-state index in [4.69, 9.17) is 0 Å². The van der Waals surface area contributed by atoms with E-state index in [1.807, 2.05) is 0 Å². The predicted molar refractivity (Wildman–Crippen MR) is 79.1 cm³/mol. The zero-order chi connectivity index (χ0) is 13.0. The Bertz CT molecular complexity index is 375. The minimum atomic E-state index is 0.701. The molecular formula is C16H26N2. The summed E-state index contributed by atoms with van der Waals surface area (Å²) in [5.41, 5.74) is 2.81. The van der Waals surface area contributed by atoms with Crippen LogP contribution in [0.5, 0.6) is 0 Å². The molecule has 0 fully saturated rings. The molecule has 1 N–H and O–H groups in total. The molecule has 1 aromatic carbocycles. The van der Waals surface area contributed by atoms with Crippen LogP contribution in [0.4, 0.5) is 5.69 Å². The maximum atomic E-state index is 3.56. The molecule has 1 aliphatic heterocycles. The van der Waals surface area contributed by atoms with Gasteiger partial charge in [0.15, 0.2) is 0 Å². The van der Waals surface area contributed by atoms with Gasteiger partial charge in [-0.2, -0.15) is 0 Å². The normalized spacial score (nSPS) is 20.3. The second kappa shape index (κ2) is 6.24. The van der Waals surface area contributed by atoms with Gasteiger partial charge in [-0.1, -0.05) is 31.5 Å². The summed E-state index contributed by atoms with van der Waals surface area (Å²) in [4.78, 5) is 2.52. The Labute approximate surface area is 111 Å². The first kappa shape index (κ1) is 13.4.